The van der Waals surface area contributed by atoms with Gasteiger partial charge < -0.3 is 15.5 Å². The molecule has 7 nitrogen and oxygen atoms in total. The van der Waals surface area contributed by atoms with E-state index >= 15 is 0 Å². The van der Waals surface area contributed by atoms with E-state index in [1.54, 1.807) is 7.11 Å². The maximum atomic E-state index is 12.5. The van der Waals surface area contributed by atoms with Crippen molar-refractivity contribution in [2.24, 2.45) is 0 Å². The molecule has 0 bridgehead atoms. The van der Waals surface area contributed by atoms with Crippen LogP contribution in [0.4, 0.5) is 0 Å². The Morgan fingerprint density at radius 2 is 2.17 bits per heavy atom. The van der Waals surface area contributed by atoms with E-state index in [9.17, 15) is 4.79 Å². The molecule has 1 aliphatic carbocycles. The average molecular weight is 333 g/mol. The van der Waals surface area contributed by atoms with Gasteiger partial charge >= 0.3 is 0 Å². The molecular formula is C15H19N5O2S. The first-order chi connectivity index (χ1) is 11.2. The molecule has 1 aromatic heterocycles. The summed E-state index contributed by atoms with van der Waals surface area (Å²) in [5, 5.41) is 8.12. The number of hydrogen-bond acceptors (Lipinski definition) is 6. The fraction of sp³-hybridized carbons (Fsp3) is 0.400. The van der Waals surface area contributed by atoms with E-state index in [-0.39, 0.29) is 5.91 Å². The fourth-order valence-corrected chi connectivity index (χ4v) is 3.00. The third-order valence-electron chi connectivity index (χ3n) is 3.68. The average Bonchev–Trinajstić information content (AvgIpc) is 3.33. The first kappa shape index (κ1) is 15.7. The SMILES string of the molecule is COc1ccc(CN(C(=O)CSc2nncn2N)C2CC2)cc1. The van der Waals surface area contributed by atoms with Gasteiger partial charge in [-0.3, -0.25) is 4.79 Å². The zero-order chi connectivity index (χ0) is 16.2. The monoisotopic (exact) mass is 333 g/mol. The lowest BCUT2D eigenvalue weighted by molar-refractivity contribution is -0.129. The van der Waals surface area contributed by atoms with Crippen LogP contribution < -0.4 is 10.6 Å². The van der Waals surface area contributed by atoms with Crippen LogP contribution in [0.15, 0.2) is 35.7 Å². The number of benzene rings is 1. The highest BCUT2D eigenvalue weighted by molar-refractivity contribution is 7.99. The number of aromatic nitrogens is 3. The number of nitrogen functional groups attached to an aromatic ring is 1. The Balaban J connectivity index is 1.61. The molecule has 1 heterocycles. The van der Waals surface area contributed by atoms with Gasteiger partial charge in [-0.05, 0) is 30.5 Å². The van der Waals surface area contributed by atoms with E-state index < -0.39 is 0 Å². The summed E-state index contributed by atoms with van der Waals surface area (Å²) in [5.74, 6) is 6.88. The van der Waals surface area contributed by atoms with Crippen LogP contribution in [-0.4, -0.2) is 44.6 Å². The largest absolute Gasteiger partial charge is 0.497 e. The summed E-state index contributed by atoms with van der Waals surface area (Å²) in [6, 6.07) is 8.16. The standard InChI is InChI=1S/C15H19N5O2S/c1-22-13-6-2-11(3-7-13)8-19(12-4-5-12)14(21)9-23-15-18-17-10-20(15)16/h2-3,6-7,10,12H,4-5,8-9,16H2,1H3. The highest BCUT2D eigenvalue weighted by Crippen LogP contribution is 2.29. The quantitative estimate of drug-likeness (QED) is 0.607. The van der Waals surface area contributed by atoms with Crippen molar-refractivity contribution in [3.63, 3.8) is 0 Å². The van der Waals surface area contributed by atoms with Crippen molar-refractivity contribution in [2.75, 3.05) is 18.7 Å². The van der Waals surface area contributed by atoms with Gasteiger partial charge in [-0.15, -0.1) is 10.2 Å². The van der Waals surface area contributed by atoms with Gasteiger partial charge in [0.05, 0.1) is 12.9 Å². The zero-order valence-electron chi connectivity index (χ0n) is 12.9. The lowest BCUT2D eigenvalue weighted by Crippen LogP contribution is -2.34. The molecule has 2 N–H and O–H groups in total. The molecule has 0 spiro atoms. The van der Waals surface area contributed by atoms with Crippen LogP contribution in [0.2, 0.25) is 0 Å². The van der Waals surface area contributed by atoms with Gasteiger partial charge in [-0.25, -0.2) is 4.68 Å². The van der Waals surface area contributed by atoms with Crippen molar-refractivity contribution in [3.8, 4) is 5.75 Å². The van der Waals surface area contributed by atoms with E-state index in [1.165, 1.54) is 22.8 Å². The molecule has 23 heavy (non-hydrogen) atoms. The Kier molecular flexibility index (Phi) is 4.71. The van der Waals surface area contributed by atoms with Crippen molar-refractivity contribution >= 4 is 17.7 Å². The van der Waals surface area contributed by atoms with Crippen molar-refractivity contribution in [1.82, 2.24) is 19.8 Å². The second kappa shape index (κ2) is 6.91. The van der Waals surface area contributed by atoms with Crippen molar-refractivity contribution in [1.29, 1.82) is 0 Å². The van der Waals surface area contributed by atoms with Gasteiger partial charge in [0.15, 0.2) is 0 Å². The molecule has 2 aromatic rings. The van der Waals surface area contributed by atoms with Gasteiger partial charge in [0.25, 0.3) is 0 Å². The molecular weight excluding hydrogens is 314 g/mol. The molecule has 0 aliphatic heterocycles. The van der Waals surface area contributed by atoms with Gasteiger partial charge in [-0.1, -0.05) is 23.9 Å². The number of carbonyl (C=O) groups is 1. The molecule has 1 aliphatic rings. The number of methoxy groups -OCH3 is 1. The van der Waals surface area contributed by atoms with Crippen LogP contribution in [0.1, 0.15) is 18.4 Å². The minimum absolute atomic E-state index is 0.0938. The molecule has 1 fully saturated rings. The van der Waals surface area contributed by atoms with Crippen LogP contribution >= 0.6 is 11.8 Å². The van der Waals surface area contributed by atoms with E-state index in [1.807, 2.05) is 29.2 Å². The van der Waals surface area contributed by atoms with Gasteiger partial charge in [-0.2, -0.15) is 0 Å². The highest BCUT2D eigenvalue weighted by atomic mass is 32.2. The van der Waals surface area contributed by atoms with E-state index in [4.69, 9.17) is 10.6 Å². The molecule has 122 valence electrons. The Morgan fingerprint density at radius 1 is 1.43 bits per heavy atom. The highest BCUT2D eigenvalue weighted by Gasteiger charge is 2.32. The molecule has 3 rings (SSSR count). The van der Waals surface area contributed by atoms with E-state index in [0.717, 1.165) is 24.2 Å². The number of rotatable bonds is 7. The van der Waals surface area contributed by atoms with Gasteiger partial charge in [0.1, 0.15) is 12.1 Å². The molecule has 1 aromatic carbocycles. The number of nitrogens with zero attached hydrogens (tertiary/aromatic N) is 4. The first-order valence-electron chi connectivity index (χ1n) is 7.37. The van der Waals surface area contributed by atoms with Crippen LogP contribution in [0.25, 0.3) is 0 Å². The Hall–Kier alpha value is -2.22. The summed E-state index contributed by atoms with van der Waals surface area (Å²) in [6.45, 7) is 0.614. The number of ether oxygens (including phenoxy) is 1. The van der Waals surface area contributed by atoms with Crippen molar-refractivity contribution in [2.45, 2.75) is 30.6 Å². The number of carbonyl (C=O) groups excluding carboxylic acids is 1. The Labute approximate surface area is 138 Å². The van der Waals surface area contributed by atoms with Gasteiger partial charge in [0, 0.05) is 12.6 Å². The summed E-state index contributed by atoms with van der Waals surface area (Å²) in [7, 11) is 1.64. The zero-order valence-corrected chi connectivity index (χ0v) is 13.7. The van der Waals surface area contributed by atoms with Crippen LogP contribution in [0.3, 0.4) is 0 Å². The van der Waals surface area contributed by atoms with E-state index in [0.29, 0.717) is 23.5 Å². The lowest BCUT2D eigenvalue weighted by Gasteiger charge is -2.22. The molecule has 1 saturated carbocycles. The minimum atomic E-state index is 0.0938. The molecule has 0 atom stereocenters. The normalized spacial score (nSPS) is 13.8. The molecule has 0 radical (unpaired) electrons. The third kappa shape index (κ3) is 3.95. The molecule has 1 amide bonds. The number of nitrogens with two attached hydrogens (primary N) is 1. The topological polar surface area (TPSA) is 86.3 Å². The van der Waals surface area contributed by atoms with Crippen LogP contribution in [0, 0.1) is 0 Å². The summed E-state index contributed by atoms with van der Waals surface area (Å²) in [4.78, 5) is 14.5. The van der Waals surface area contributed by atoms with E-state index in [2.05, 4.69) is 10.2 Å². The predicted molar refractivity (Wildman–Crippen MR) is 87.5 cm³/mol. The molecule has 0 saturated heterocycles. The summed E-state index contributed by atoms with van der Waals surface area (Å²) < 4.78 is 6.48. The van der Waals surface area contributed by atoms with Crippen molar-refractivity contribution in [3.05, 3.63) is 36.2 Å². The fourth-order valence-electron chi connectivity index (χ4n) is 2.28. The minimum Gasteiger partial charge on any atom is -0.497 e. The third-order valence-corrected chi connectivity index (χ3v) is 4.63. The molecule has 0 unspecified atom stereocenters. The first-order valence-corrected chi connectivity index (χ1v) is 8.36. The lowest BCUT2D eigenvalue weighted by atomic mass is 10.2. The Morgan fingerprint density at radius 3 is 2.74 bits per heavy atom. The second-order valence-electron chi connectivity index (χ2n) is 5.41. The number of hydrogen-bond donors (Lipinski definition) is 1. The van der Waals surface area contributed by atoms with Crippen molar-refractivity contribution < 1.29 is 9.53 Å². The summed E-state index contributed by atoms with van der Waals surface area (Å²) in [5.41, 5.74) is 1.10. The number of thioether (sulfide) groups is 1. The van der Waals surface area contributed by atoms with Gasteiger partial charge in [0.2, 0.25) is 11.1 Å². The smallest absolute Gasteiger partial charge is 0.233 e. The Bertz CT molecular complexity index is 669. The maximum Gasteiger partial charge on any atom is 0.233 e. The predicted octanol–water partition coefficient (Wildman–Crippen LogP) is 1.28. The maximum absolute atomic E-state index is 12.5. The number of amides is 1. The van der Waals surface area contributed by atoms with Crippen LogP contribution in [0.5, 0.6) is 5.75 Å². The summed E-state index contributed by atoms with van der Waals surface area (Å²) in [6.07, 6.45) is 3.56. The summed E-state index contributed by atoms with van der Waals surface area (Å²) >= 11 is 1.31. The molecule has 8 heteroatoms. The van der Waals surface area contributed by atoms with Crippen LogP contribution in [-0.2, 0) is 11.3 Å². The second-order valence-corrected chi connectivity index (χ2v) is 6.35.